The van der Waals surface area contributed by atoms with E-state index in [1.165, 1.54) is 23.3 Å². The average Bonchev–Trinajstić information content (AvgIpc) is 3.16. The third-order valence-electron chi connectivity index (χ3n) is 6.18. The SMILES string of the molecule is CCC1CCc2sc(C(=O)N3CCC(C(=O)c4ccccc4)CC3)cc2C1. The van der Waals surface area contributed by atoms with Gasteiger partial charge in [-0.2, -0.15) is 0 Å². The van der Waals surface area contributed by atoms with Crippen LogP contribution < -0.4 is 0 Å². The van der Waals surface area contributed by atoms with E-state index in [1.54, 1.807) is 11.3 Å². The van der Waals surface area contributed by atoms with Gasteiger partial charge in [0, 0.05) is 29.4 Å². The molecule has 142 valence electrons. The van der Waals surface area contributed by atoms with E-state index in [1.807, 2.05) is 35.2 Å². The minimum atomic E-state index is 0.0401. The molecule has 4 rings (SSSR count). The average molecular weight is 382 g/mol. The van der Waals surface area contributed by atoms with E-state index in [9.17, 15) is 9.59 Å². The molecule has 2 heterocycles. The number of nitrogens with zero attached hydrogens (tertiary/aromatic N) is 1. The second-order valence-electron chi connectivity index (χ2n) is 7.87. The van der Waals surface area contributed by atoms with E-state index in [4.69, 9.17) is 0 Å². The summed E-state index contributed by atoms with van der Waals surface area (Å²) in [6.07, 6.45) is 6.26. The molecule has 1 aromatic heterocycles. The van der Waals surface area contributed by atoms with Gasteiger partial charge in [-0.05, 0) is 49.7 Å². The van der Waals surface area contributed by atoms with Crippen LogP contribution in [0, 0.1) is 11.8 Å². The van der Waals surface area contributed by atoms with Crippen molar-refractivity contribution in [3.8, 4) is 0 Å². The standard InChI is InChI=1S/C23H27NO2S/c1-2-16-8-9-20-19(14-16)15-21(27-20)23(26)24-12-10-18(11-13-24)22(25)17-6-4-3-5-7-17/h3-7,15-16,18H,2,8-14H2,1H3. The maximum absolute atomic E-state index is 13.0. The van der Waals surface area contributed by atoms with Crippen molar-refractivity contribution in [2.45, 2.75) is 45.4 Å². The van der Waals surface area contributed by atoms with Crippen LogP contribution in [0.5, 0.6) is 0 Å². The first kappa shape index (κ1) is 18.4. The number of likely N-dealkylation sites (tertiary alicyclic amines) is 1. The monoisotopic (exact) mass is 381 g/mol. The molecule has 1 fully saturated rings. The number of thiophene rings is 1. The number of carbonyl (C=O) groups excluding carboxylic acids is 2. The summed E-state index contributed by atoms with van der Waals surface area (Å²) in [7, 11) is 0. The highest BCUT2D eigenvalue weighted by Crippen LogP contribution is 2.34. The molecule has 1 aromatic carbocycles. The molecule has 27 heavy (non-hydrogen) atoms. The molecule has 2 aliphatic rings. The molecular formula is C23H27NO2S. The van der Waals surface area contributed by atoms with Gasteiger partial charge in [0.05, 0.1) is 4.88 Å². The highest BCUT2D eigenvalue weighted by atomic mass is 32.1. The van der Waals surface area contributed by atoms with Gasteiger partial charge < -0.3 is 4.90 Å². The second kappa shape index (κ2) is 7.97. The summed E-state index contributed by atoms with van der Waals surface area (Å²) in [5.74, 6) is 1.20. The van der Waals surface area contributed by atoms with Gasteiger partial charge in [0.15, 0.2) is 5.78 Å². The third kappa shape index (κ3) is 3.86. The number of aryl methyl sites for hydroxylation is 1. The lowest BCUT2D eigenvalue weighted by Crippen LogP contribution is -2.40. The predicted molar refractivity (Wildman–Crippen MR) is 110 cm³/mol. The van der Waals surface area contributed by atoms with Crippen LogP contribution >= 0.6 is 11.3 Å². The number of hydrogen-bond acceptors (Lipinski definition) is 3. The normalized spacial score (nSPS) is 20.3. The Balaban J connectivity index is 1.38. The summed E-state index contributed by atoms with van der Waals surface area (Å²) in [5.41, 5.74) is 2.19. The zero-order chi connectivity index (χ0) is 18.8. The molecule has 0 spiro atoms. The van der Waals surface area contributed by atoms with Gasteiger partial charge in [0.2, 0.25) is 0 Å². The van der Waals surface area contributed by atoms with Crippen LogP contribution in [0.3, 0.4) is 0 Å². The maximum atomic E-state index is 13.0. The van der Waals surface area contributed by atoms with Crippen LogP contribution in [0.2, 0.25) is 0 Å². The fourth-order valence-electron chi connectivity index (χ4n) is 4.39. The number of carbonyl (C=O) groups is 2. The smallest absolute Gasteiger partial charge is 0.263 e. The van der Waals surface area contributed by atoms with Gasteiger partial charge in [0.25, 0.3) is 5.91 Å². The second-order valence-corrected chi connectivity index (χ2v) is 9.01. The first-order valence-corrected chi connectivity index (χ1v) is 11.0. The Labute approximate surface area is 165 Å². The number of rotatable bonds is 4. The largest absolute Gasteiger partial charge is 0.338 e. The van der Waals surface area contributed by atoms with E-state index in [2.05, 4.69) is 13.0 Å². The lowest BCUT2D eigenvalue weighted by Gasteiger charge is -2.31. The van der Waals surface area contributed by atoms with Crippen LogP contribution in [0.1, 0.15) is 63.1 Å². The zero-order valence-electron chi connectivity index (χ0n) is 15.9. The van der Waals surface area contributed by atoms with Gasteiger partial charge in [-0.25, -0.2) is 0 Å². The number of fused-ring (bicyclic) bond motifs is 1. The molecular weight excluding hydrogens is 354 g/mol. The van der Waals surface area contributed by atoms with E-state index in [-0.39, 0.29) is 17.6 Å². The summed E-state index contributed by atoms with van der Waals surface area (Å²) in [6, 6.07) is 11.7. The van der Waals surface area contributed by atoms with Gasteiger partial charge >= 0.3 is 0 Å². The Morgan fingerprint density at radius 3 is 2.56 bits per heavy atom. The van der Waals surface area contributed by atoms with Crippen LogP contribution in [0.25, 0.3) is 0 Å². The first-order chi connectivity index (χ1) is 13.2. The maximum Gasteiger partial charge on any atom is 0.263 e. The predicted octanol–water partition coefficient (Wildman–Crippen LogP) is 5.00. The summed E-state index contributed by atoms with van der Waals surface area (Å²) in [6.45, 7) is 3.62. The Hall–Kier alpha value is -1.94. The van der Waals surface area contributed by atoms with Crippen LogP contribution in [-0.2, 0) is 12.8 Å². The Kier molecular flexibility index (Phi) is 5.44. The molecule has 1 aliphatic carbocycles. The Morgan fingerprint density at radius 1 is 1.11 bits per heavy atom. The molecule has 1 aliphatic heterocycles. The lowest BCUT2D eigenvalue weighted by molar-refractivity contribution is 0.0654. The van der Waals surface area contributed by atoms with Gasteiger partial charge in [0.1, 0.15) is 0 Å². The van der Waals surface area contributed by atoms with E-state index < -0.39 is 0 Å². The molecule has 4 heteroatoms. The van der Waals surface area contributed by atoms with Crippen molar-refractivity contribution in [1.29, 1.82) is 0 Å². The van der Waals surface area contributed by atoms with Gasteiger partial charge in [-0.1, -0.05) is 43.7 Å². The minimum absolute atomic E-state index is 0.0401. The summed E-state index contributed by atoms with van der Waals surface area (Å²) in [4.78, 5) is 29.9. The topological polar surface area (TPSA) is 37.4 Å². The molecule has 1 saturated heterocycles. The van der Waals surface area contributed by atoms with Crippen molar-refractivity contribution in [2.75, 3.05) is 13.1 Å². The molecule has 0 N–H and O–H groups in total. The molecule has 1 amide bonds. The van der Waals surface area contributed by atoms with Crippen molar-refractivity contribution in [3.63, 3.8) is 0 Å². The molecule has 2 aromatic rings. The first-order valence-electron chi connectivity index (χ1n) is 10.2. The molecule has 0 saturated carbocycles. The molecule has 3 nitrogen and oxygen atoms in total. The van der Waals surface area contributed by atoms with Gasteiger partial charge in [-0.3, -0.25) is 9.59 Å². The van der Waals surface area contributed by atoms with E-state index in [0.717, 1.165) is 42.0 Å². The highest BCUT2D eigenvalue weighted by molar-refractivity contribution is 7.14. The van der Waals surface area contributed by atoms with Crippen molar-refractivity contribution in [1.82, 2.24) is 4.90 Å². The summed E-state index contributed by atoms with van der Waals surface area (Å²) in [5, 5.41) is 0. The van der Waals surface area contributed by atoms with Crippen molar-refractivity contribution >= 4 is 23.0 Å². The number of amides is 1. The van der Waals surface area contributed by atoms with E-state index >= 15 is 0 Å². The zero-order valence-corrected chi connectivity index (χ0v) is 16.8. The van der Waals surface area contributed by atoms with Gasteiger partial charge in [-0.15, -0.1) is 11.3 Å². The summed E-state index contributed by atoms with van der Waals surface area (Å²) >= 11 is 1.70. The Bertz CT molecular complexity index is 818. The number of hydrogen-bond donors (Lipinski definition) is 0. The van der Waals surface area contributed by atoms with Crippen LogP contribution in [0.4, 0.5) is 0 Å². The van der Waals surface area contributed by atoms with E-state index in [0.29, 0.717) is 13.1 Å². The van der Waals surface area contributed by atoms with Crippen molar-refractivity contribution in [3.05, 3.63) is 57.3 Å². The Morgan fingerprint density at radius 2 is 1.85 bits per heavy atom. The number of piperidine rings is 1. The number of ketones is 1. The highest BCUT2D eigenvalue weighted by Gasteiger charge is 2.30. The fraction of sp³-hybridized carbons (Fsp3) is 0.478. The quantitative estimate of drug-likeness (QED) is 0.699. The number of benzene rings is 1. The van der Waals surface area contributed by atoms with Crippen LogP contribution in [-0.4, -0.2) is 29.7 Å². The summed E-state index contributed by atoms with van der Waals surface area (Å²) < 4.78 is 0. The minimum Gasteiger partial charge on any atom is -0.338 e. The lowest BCUT2D eigenvalue weighted by atomic mass is 9.87. The molecule has 1 atom stereocenters. The van der Waals surface area contributed by atoms with Crippen LogP contribution in [0.15, 0.2) is 36.4 Å². The van der Waals surface area contributed by atoms with Crippen molar-refractivity contribution < 1.29 is 9.59 Å². The molecule has 0 radical (unpaired) electrons. The number of Topliss-reactive ketones (excluding diaryl/α,β-unsaturated/α-hetero) is 1. The third-order valence-corrected chi connectivity index (χ3v) is 7.41. The van der Waals surface area contributed by atoms with Crippen molar-refractivity contribution in [2.24, 2.45) is 11.8 Å². The fourth-order valence-corrected chi connectivity index (χ4v) is 5.57. The molecule has 1 unspecified atom stereocenters. The molecule has 0 bridgehead atoms.